The van der Waals surface area contributed by atoms with Crippen molar-refractivity contribution >= 4 is 11.6 Å². The van der Waals surface area contributed by atoms with E-state index in [-0.39, 0.29) is 0 Å². The van der Waals surface area contributed by atoms with E-state index in [0.717, 1.165) is 0 Å². The summed E-state index contributed by atoms with van der Waals surface area (Å²) in [5.74, 6) is -3.79. The molecule has 0 saturated heterocycles. The van der Waals surface area contributed by atoms with Crippen molar-refractivity contribution in [3.63, 3.8) is 0 Å². The summed E-state index contributed by atoms with van der Waals surface area (Å²) in [5.41, 5.74) is -3.18. The Balaban J connectivity index is 3.03. The Hall–Kier alpha value is -0.320. The second-order valence-electron chi connectivity index (χ2n) is 2.69. The molecule has 70 valence electrons. The van der Waals surface area contributed by atoms with Gasteiger partial charge in [-0.1, -0.05) is 18.2 Å². The number of allylic oxidation sites excluding steroid dienone is 1. The highest BCUT2D eigenvalue weighted by molar-refractivity contribution is 6.30. The van der Waals surface area contributed by atoms with E-state index in [2.05, 4.69) is 6.58 Å². The number of hydrogen-bond acceptors (Lipinski definition) is 0. The van der Waals surface area contributed by atoms with Gasteiger partial charge in [-0.05, 0) is 0 Å². The molecule has 0 spiro atoms. The van der Waals surface area contributed by atoms with E-state index in [9.17, 15) is 22.0 Å². The molecule has 0 aromatic carbocycles. The summed E-state index contributed by atoms with van der Waals surface area (Å²) in [6.07, 6.45) is -6.30. The molecule has 1 saturated carbocycles. The lowest BCUT2D eigenvalue weighted by Gasteiger charge is -2.18. The maximum absolute atomic E-state index is 12.3. The molecule has 1 rings (SSSR count). The van der Waals surface area contributed by atoms with Crippen LogP contribution in [0.3, 0.4) is 0 Å². The van der Waals surface area contributed by atoms with Gasteiger partial charge < -0.3 is 0 Å². The number of hydrogen-bond donors (Lipinski definition) is 0. The van der Waals surface area contributed by atoms with E-state index in [1.165, 1.54) is 0 Å². The molecule has 6 heteroatoms. The summed E-state index contributed by atoms with van der Waals surface area (Å²) in [6.45, 7) is 2.72. The Morgan fingerprint density at radius 2 is 1.67 bits per heavy atom. The zero-order chi connectivity index (χ0) is 9.78. The highest BCUT2D eigenvalue weighted by atomic mass is 35.5. The van der Waals surface area contributed by atoms with Gasteiger partial charge >= 0.3 is 6.18 Å². The van der Waals surface area contributed by atoms with E-state index in [1.54, 1.807) is 0 Å². The third kappa shape index (κ3) is 0.952. The normalized spacial score (nSPS) is 33.2. The first kappa shape index (κ1) is 9.77. The van der Waals surface area contributed by atoms with Crippen LogP contribution < -0.4 is 0 Å². The number of alkyl halides is 5. The Morgan fingerprint density at radius 1 is 1.33 bits per heavy atom. The molecule has 0 aliphatic heterocycles. The van der Waals surface area contributed by atoms with Crippen LogP contribution in [0.5, 0.6) is 0 Å². The number of halogens is 6. The molecule has 0 amide bonds. The molecular formula is C6H4ClF5. The van der Waals surface area contributed by atoms with Crippen molar-refractivity contribution < 1.29 is 22.0 Å². The van der Waals surface area contributed by atoms with Crippen LogP contribution in [0, 0.1) is 5.41 Å². The van der Waals surface area contributed by atoms with Crippen molar-refractivity contribution in [1.29, 1.82) is 0 Å². The van der Waals surface area contributed by atoms with Crippen molar-refractivity contribution in [3.8, 4) is 0 Å². The van der Waals surface area contributed by atoms with E-state index in [0.29, 0.717) is 0 Å². The molecule has 1 unspecified atom stereocenters. The fraction of sp³-hybridized carbons (Fsp3) is 0.667. The van der Waals surface area contributed by atoms with Gasteiger partial charge in [-0.2, -0.15) is 13.2 Å². The average molecular weight is 207 g/mol. The largest absolute Gasteiger partial charge is 0.405 e. The van der Waals surface area contributed by atoms with Crippen LogP contribution in [-0.2, 0) is 0 Å². The third-order valence-corrected chi connectivity index (χ3v) is 2.26. The molecule has 0 nitrogen and oxygen atoms in total. The van der Waals surface area contributed by atoms with Gasteiger partial charge in [0.05, 0.1) is 0 Å². The summed E-state index contributed by atoms with van der Waals surface area (Å²) in [6, 6.07) is 0. The lowest BCUT2D eigenvalue weighted by molar-refractivity contribution is -0.196. The zero-order valence-electron chi connectivity index (χ0n) is 5.68. The van der Waals surface area contributed by atoms with Crippen LogP contribution >= 0.6 is 11.6 Å². The Labute approximate surface area is 70.0 Å². The van der Waals surface area contributed by atoms with E-state index in [1.807, 2.05) is 0 Å². The topological polar surface area (TPSA) is 0 Å². The van der Waals surface area contributed by atoms with Crippen LogP contribution in [0.1, 0.15) is 6.42 Å². The fourth-order valence-corrected chi connectivity index (χ4v) is 1.36. The van der Waals surface area contributed by atoms with Gasteiger partial charge in [0, 0.05) is 11.5 Å². The van der Waals surface area contributed by atoms with Crippen molar-refractivity contribution in [1.82, 2.24) is 0 Å². The molecule has 0 aromatic rings. The summed E-state index contributed by atoms with van der Waals surface area (Å²) in [7, 11) is 0. The lowest BCUT2D eigenvalue weighted by atomic mass is 10.1. The average Bonchev–Trinajstić information content (AvgIpc) is 2.33. The van der Waals surface area contributed by atoms with E-state index < -0.39 is 29.0 Å². The summed E-state index contributed by atoms with van der Waals surface area (Å²) in [5, 5.41) is -1.04. The molecule has 0 bridgehead atoms. The standard InChI is InChI=1S/C6H4ClF5/c1-3(7)4(6(10,11)12)2-5(4,8)9/h1-2H2. The summed E-state index contributed by atoms with van der Waals surface area (Å²) >= 11 is 4.91. The molecular weight excluding hydrogens is 203 g/mol. The highest BCUT2D eigenvalue weighted by Crippen LogP contribution is 2.72. The van der Waals surface area contributed by atoms with Gasteiger partial charge in [-0.3, -0.25) is 0 Å². The molecule has 1 aliphatic rings. The first-order chi connectivity index (χ1) is 5.15. The van der Waals surface area contributed by atoms with Gasteiger partial charge in [0.1, 0.15) is 0 Å². The van der Waals surface area contributed by atoms with Gasteiger partial charge in [-0.15, -0.1) is 0 Å². The van der Waals surface area contributed by atoms with E-state index >= 15 is 0 Å². The zero-order valence-corrected chi connectivity index (χ0v) is 6.44. The van der Waals surface area contributed by atoms with Crippen molar-refractivity contribution in [2.75, 3.05) is 0 Å². The van der Waals surface area contributed by atoms with Crippen LogP contribution in [0.2, 0.25) is 0 Å². The monoisotopic (exact) mass is 206 g/mol. The van der Waals surface area contributed by atoms with Gasteiger partial charge in [0.2, 0.25) is 0 Å². The van der Waals surface area contributed by atoms with Crippen LogP contribution in [0.25, 0.3) is 0 Å². The molecule has 0 N–H and O–H groups in total. The third-order valence-electron chi connectivity index (χ3n) is 1.93. The second kappa shape index (κ2) is 2.13. The molecule has 1 fully saturated rings. The first-order valence-electron chi connectivity index (χ1n) is 2.94. The molecule has 0 radical (unpaired) electrons. The summed E-state index contributed by atoms with van der Waals surface area (Å²) < 4.78 is 60.7. The quantitative estimate of drug-likeness (QED) is 0.578. The maximum atomic E-state index is 12.3. The van der Waals surface area contributed by atoms with Crippen molar-refractivity contribution in [3.05, 3.63) is 11.6 Å². The molecule has 0 heterocycles. The Kier molecular flexibility index (Phi) is 1.73. The predicted molar refractivity (Wildman–Crippen MR) is 33.0 cm³/mol. The number of rotatable bonds is 1. The smallest absolute Gasteiger partial charge is 0.205 e. The van der Waals surface area contributed by atoms with Gasteiger partial charge in [-0.25, -0.2) is 8.78 Å². The van der Waals surface area contributed by atoms with Crippen molar-refractivity contribution in [2.45, 2.75) is 18.5 Å². The molecule has 1 aliphatic carbocycles. The highest BCUT2D eigenvalue weighted by Gasteiger charge is 2.84. The van der Waals surface area contributed by atoms with E-state index in [4.69, 9.17) is 11.6 Å². The van der Waals surface area contributed by atoms with Gasteiger partial charge in [0.15, 0.2) is 5.41 Å². The van der Waals surface area contributed by atoms with Crippen LogP contribution in [0.15, 0.2) is 11.6 Å². The minimum atomic E-state index is -5.02. The lowest BCUT2D eigenvalue weighted by Crippen LogP contribution is -2.30. The van der Waals surface area contributed by atoms with Gasteiger partial charge in [0.25, 0.3) is 5.92 Å². The minimum Gasteiger partial charge on any atom is -0.205 e. The Bertz CT molecular complexity index is 231. The second-order valence-corrected chi connectivity index (χ2v) is 3.15. The SMILES string of the molecule is C=C(Cl)C1(C(F)(F)F)CC1(F)F. The summed E-state index contributed by atoms with van der Waals surface area (Å²) in [4.78, 5) is 0. The predicted octanol–water partition coefficient (Wildman–Crippen LogP) is 3.33. The molecule has 1 atom stereocenters. The fourth-order valence-electron chi connectivity index (χ4n) is 1.04. The minimum absolute atomic E-state index is 1.04. The first-order valence-corrected chi connectivity index (χ1v) is 3.32. The molecule has 12 heavy (non-hydrogen) atoms. The van der Waals surface area contributed by atoms with Crippen LogP contribution in [-0.4, -0.2) is 12.1 Å². The van der Waals surface area contributed by atoms with Crippen molar-refractivity contribution in [2.24, 2.45) is 5.41 Å². The maximum Gasteiger partial charge on any atom is 0.405 e. The Morgan fingerprint density at radius 3 is 1.67 bits per heavy atom. The molecule has 0 aromatic heterocycles. The van der Waals surface area contributed by atoms with Crippen LogP contribution in [0.4, 0.5) is 22.0 Å².